The Bertz CT molecular complexity index is 1070. The van der Waals surface area contributed by atoms with Crippen molar-refractivity contribution < 1.29 is 4.79 Å². The van der Waals surface area contributed by atoms with Crippen LogP contribution in [0, 0.1) is 0 Å². The maximum Gasteiger partial charge on any atom is 0.255 e. The number of amides is 1. The van der Waals surface area contributed by atoms with Gasteiger partial charge in [-0.05, 0) is 24.3 Å². The average Bonchev–Trinajstić information content (AvgIpc) is 3.40. The molecule has 0 fully saturated rings. The van der Waals surface area contributed by atoms with Crippen LogP contribution in [0.2, 0.25) is 0 Å². The van der Waals surface area contributed by atoms with Crippen molar-refractivity contribution in [3.8, 4) is 17.2 Å². The van der Waals surface area contributed by atoms with Gasteiger partial charge < -0.3 is 5.32 Å². The highest BCUT2D eigenvalue weighted by Crippen LogP contribution is 2.25. The fraction of sp³-hybridized carbons (Fsp3) is 0.111. The van der Waals surface area contributed by atoms with Gasteiger partial charge in [0.2, 0.25) is 0 Å². The molecule has 0 spiro atoms. The molecule has 2 N–H and O–H groups in total. The van der Waals surface area contributed by atoms with Gasteiger partial charge in [-0.2, -0.15) is 10.2 Å². The minimum Gasteiger partial charge on any atom is -0.321 e. The van der Waals surface area contributed by atoms with Crippen LogP contribution in [0.15, 0.2) is 55.2 Å². The normalized spacial score (nSPS) is 10.7. The van der Waals surface area contributed by atoms with Gasteiger partial charge in [-0.25, -0.2) is 19.6 Å². The summed E-state index contributed by atoms with van der Waals surface area (Å²) in [6, 6.07) is 10.7. The number of nitrogens with one attached hydrogen (secondary N) is 2. The maximum atomic E-state index is 12.7. The molecule has 0 aliphatic carbocycles. The molecule has 1 aromatic carbocycles. The smallest absolute Gasteiger partial charge is 0.255 e. The summed E-state index contributed by atoms with van der Waals surface area (Å²) in [6.07, 6.45) is 5.24. The number of pyridine rings is 1. The average molecular weight is 360 g/mol. The molecule has 4 aromatic rings. The predicted molar refractivity (Wildman–Crippen MR) is 98.3 cm³/mol. The van der Waals surface area contributed by atoms with Gasteiger partial charge in [0.1, 0.15) is 18.5 Å². The maximum absolute atomic E-state index is 12.7. The number of benzene rings is 1. The second-order valence-corrected chi connectivity index (χ2v) is 5.70. The molecule has 0 aliphatic heterocycles. The van der Waals surface area contributed by atoms with Gasteiger partial charge in [-0.15, -0.1) is 0 Å². The number of para-hydroxylation sites is 1. The summed E-state index contributed by atoms with van der Waals surface area (Å²) < 4.78 is 1.49. The van der Waals surface area contributed by atoms with E-state index in [2.05, 4.69) is 35.6 Å². The third-order valence-electron chi connectivity index (χ3n) is 3.94. The van der Waals surface area contributed by atoms with Gasteiger partial charge in [0.25, 0.3) is 5.91 Å². The van der Waals surface area contributed by atoms with Crippen molar-refractivity contribution in [2.24, 2.45) is 0 Å². The number of H-pyrrole nitrogens is 1. The number of carbonyl (C=O) groups is 1. The molecule has 3 heterocycles. The lowest BCUT2D eigenvalue weighted by Crippen LogP contribution is -2.13. The number of aryl methyl sites for hydroxylation is 1. The molecule has 134 valence electrons. The summed E-state index contributed by atoms with van der Waals surface area (Å²) in [7, 11) is 0. The summed E-state index contributed by atoms with van der Waals surface area (Å²) in [6.45, 7) is 1.99. The molecule has 3 aromatic heterocycles. The fourth-order valence-electron chi connectivity index (χ4n) is 2.57. The lowest BCUT2D eigenvalue weighted by Gasteiger charge is -2.09. The van der Waals surface area contributed by atoms with E-state index in [1.165, 1.54) is 17.3 Å². The largest absolute Gasteiger partial charge is 0.321 e. The highest BCUT2D eigenvalue weighted by Gasteiger charge is 2.14. The number of anilines is 1. The Morgan fingerprint density at radius 1 is 1.26 bits per heavy atom. The molecule has 9 heteroatoms. The highest BCUT2D eigenvalue weighted by molar-refractivity contribution is 6.06. The quantitative estimate of drug-likeness (QED) is 0.564. The van der Waals surface area contributed by atoms with Crippen LogP contribution < -0.4 is 5.32 Å². The zero-order valence-electron chi connectivity index (χ0n) is 14.5. The molecule has 0 radical (unpaired) electrons. The number of carbonyl (C=O) groups excluding carboxylic acids is 1. The summed E-state index contributed by atoms with van der Waals surface area (Å²) >= 11 is 0. The van der Waals surface area contributed by atoms with Crippen molar-refractivity contribution in [3.63, 3.8) is 0 Å². The molecule has 0 atom stereocenters. The second kappa shape index (κ2) is 7.16. The molecule has 9 nitrogen and oxygen atoms in total. The minimum atomic E-state index is -0.266. The summed E-state index contributed by atoms with van der Waals surface area (Å²) in [5.74, 6) is 1.57. The molecule has 0 unspecified atom stereocenters. The van der Waals surface area contributed by atoms with Crippen LogP contribution in [-0.4, -0.2) is 40.8 Å². The van der Waals surface area contributed by atoms with E-state index in [1.54, 1.807) is 18.3 Å². The van der Waals surface area contributed by atoms with Crippen LogP contribution in [0.4, 0.5) is 5.69 Å². The summed E-state index contributed by atoms with van der Waals surface area (Å²) in [5.41, 5.74) is 1.82. The molecule has 4 rings (SSSR count). The highest BCUT2D eigenvalue weighted by atomic mass is 16.1. The van der Waals surface area contributed by atoms with E-state index in [0.717, 1.165) is 17.8 Å². The lowest BCUT2D eigenvalue weighted by atomic mass is 10.1. The van der Waals surface area contributed by atoms with Gasteiger partial charge in [0, 0.05) is 23.7 Å². The zero-order valence-corrected chi connectivity index (χ0v) is 14.5. The van der Waals surface area contributed by atoms with E-state index in [-0.39, 0.29) is 5.91 Å². The van der Waals surface area contributed by atoms with Crippen LogP contribution in [0.1, 0.15) is 23.1 Å². The van der Waals surface area contributed by atoms with E-state index >= 15 is 0 Å². The molecule has 27 heavy (non-hydrogen) atoms. The van der Waals surface area contributed by atoms with Crippen LogP contribution in [0.3, 0.4) is 0 Å². The first-order valence-electron chi connectivity index (χ1n) is 8.37. The first-order chi connectivity index (χ1) is 13.2. The zero-order chi connectivity index (χ0) is 18.6. The third kappa shape index (κ3) is 3.43. The number of nitrogens with zero attached hydrogens (tertiary/aromatic N) is 6. The van der Waals surface area contributed by atoms with Crippen LogP contribution in [0.25, 0.3) is 17.2 Å². The first kappa shape index (κ1) is 16.6. The molecular formula is C18H16N8O. The Labute approximate surface area is 154 Å². The van der Waals surface area contributed by atoms with E-state index in [0.29, 0.717) is 22.9 Å². The van der Waals surface area contributed by atoms with Gasteiger partial charge >= 0.3 is 0 Å². The number of aromatic nitrogens is 7. The molecule has 1 amide bonds. The van der Waals surface area contributed by atoms with E-state index in [1.807, 2.05) is 31.2 Å². The van der Waals surface area contributed by atoms with E-state index in [9.17, 15) is 4.79 Å². The van der Waals surface area contributed by atoms with Crippen LogP contribution in [0.5, 0.6) is 0 Å². The number of hydrogen-bond donors (Lipinski definition) is 2. The summed E-state index contributed by atoms with van der Waals surface area (Å²) in [4.78, 5) is 25.3. The first-order valence-corrected chi connectivity index (χ1v) is 8.37. The van der Waals surface area contributed by atoms with E-state index < -0.39 is 0 Å². The third-order valence-corrected chi connectivity index (χ3v) is 3.94. The Morgan fingerprint density at radius 2 is 2.15 bits per heavy atom. The van der Waals surface area contributed by atoms with E-state index in [4.69, 9.17) is 0 Å². The molecule has 0 saturated heterocycles. The molecular weight excluding hydrogens is 344 g/mol. The standard InChI is InChI=1S/C18H16N8O/c1-2-15-23-17(25-24-15)13-5-3-4-6-14(13)22-18(27)12-7-8-20-16(9-12)26-11-19-10-21-26/h3-11H,2H2,1H3,(H,22,27)(H,23,24,25). The van der Waals surface area contributed by atoms with Crippen molar-refractivity contribution in [2.45, 2.75) is 13.3 Å². The Balaban J connectivity index is 1.61. The topological polar surface area (TPSA) is 114 Å². The van der Waals surface area contributed by atoms with Gasteiger partial charge in [0.05, 0.1) is 5.69 Å². The van der Waals surface area contributed by atoms with Crippen molar-refractivity contribution in [3.05, 3.63) is 66.6 Å². The molecule has 0 bridgehead atoms. The van der Waals surface area contributed by atoms with Gasteiger partial charge in [-0.3, -0.25) is 9.89 Å². The molecule has 0 saturated carbocycles. The van der Waals surface area contributed by atoms with Crippen molar-refractivity contribution in [2.75, 3.05) is 5.32 Å². The fourth-order valence-corrected chi connectivity index (χ4v) is 2.57. The monoisotopic (exact) mass is 360 g/mol. The molecule has 0 aliphatic rings. The van der Waals surface area contributed by atoms with Crippen molar-refractivity contribution >= 4 is 11.6 Å². The second-order valence-electron chi connectivity index (χ2n) is 5.70. The van der Waals surface area contributed by atoms with Crippen LogP contribution >= 0.6 is 0 Å². The Kier molecular flexibility index (Phi) is 4.40. The SMILES string of the molecule is CCc1nc(-c2ccccc2NC(=O)c2ccnc(-n3cncn3)c2)n[nH]1. The number of aromatic amines is 1. The van der Waals surface area contributed by atoms with Crippen molar-refractivity contribution in [1.29, 1.82) is 0 Å². The number of rotatable bonds is 5. The van der Waals surface area contributed by atoms with Gasteiger partial charge in [-0.1, -0.05) is 19.1 Å². The lowest BCUT2D eigenvalue weighted by molar-refractivity contribution is 0.102. The van der Waals surface area contributed by atoms with Crippen LogP contribution in [-0.2, 0) is 6.42 Å². The van der Waals surface area contributed by atoms with Crippen molar-refractivity contribution in [1.82, 2.24) is 34.9 Å². The minimum absolute atomic E-state index is 0.266. The Morgan fingerprint density at radius 3 is 2.93 bits per heavy atom. The predicted octanol–water partition coefficient (Wildman–Crippen LogP) is 2.26. The number of hydrogen-bond acceptors (Lipinski definition) is 6. The summed E-state index contributed by atoms with van der Waals surface area (Å²) in [5, 5.41) is 14.1. The Hall–Kier alpha value is -3.88. The van der Waals surface area contributed by atoms with Gasteiger partial charge in [0.15, 0.2) is 11.6 Å².